The van der Waals surface area contributed by atoms with Gasteiger partial charge in [0.15, 0.2) is 11.4 Å². The summed E-state index contributed by atoms with van der Waals surface area (Å²) < 4.78 is 83.5. The maximum absolute atomic E-state index is 14.7. The second kappa shape index (κ2) is 18.9. The smallest absolute Gasteiger partial charge is 0.297 e. The summed E-state index contributed by atoms with van der Waals surface area (Å²) in [5.41, 5.74) is 1.89. The quantitative estimate of drug-likeness (QED) is 0.0619. The number of rotatable bonds is 12. The predicted octanol–water partition coefficient (Wildman–Crippen LogP) is 7.07. The molecule has 2 aromatic heterocycles. The van der Waals surface area contributed by atoms with Crippen molar-refractivity contribution in [2.24, 2.45) is 16.5 Å². The van der Waals surface area contributed by atoms with E-state index in [9.17, 15) is 41.2 Å². The molecule has 384 valence electrons. The highest BCUT2D eigenvalue weighted by Crippen LogP contribution is 2.54. The third-order valence-corrected chi connectivity index (χ3v) is 18.2. The number of ether oxygens (including phenoxy) is 2. The summed E-state index contributed by atoms with van der Waals surface area (Å²) >= 11 is 0. The standard InChI is InChI=1S/C50H60FN9O10S2/c1-30(2)36-6-4-5-7-37(36)43-28-58(72(52,67)68)18-19-59(43)33-24-50(25-33)14-16-57(17-15-50)32-8-9-38(44(20-32)70-34-21-39-40(51)27-54-47(39)53-26-34)48(61)56-71(65,66)35-22-42(60(63)64)46-45(23-35)69-29-41(55-46)31-10-12-49(3,62)13-11-31/h4-9,20-23,26-27,30-31,33,41,43,55,62H,10-19,24-25,28-29H2,1-3H3,(H,53,54)(H,56,61)(H2,52,67,68)/t31-,41-,43+,49-/m1/s1. The van der Waals surface area contributed by atoms with E-state index in [0.717, 1.165) is 49.6 Å². The number of H-pyrrole nitrogens is 1. The van der Waals surface area contributed by atoms with Gasteiger partial charge in [-0.3, -0.25) is 19.8 Å². The van der Waals surface area contributed by atoms with Gasteiger partial charge < -0.3 is 29.8 Å². The number of fused-ring (bicyclic) bond motifs is 2. The summed E-state index contributed by atoms with van der Waals surface area (Å²) in [6.45, 7) is 8.69. The molecule has 72 heavy (non-hydrogen) atoms. The maximum Gasteiger partial charge on any atom is 0.297 e. The lowest BCUT2D eigenvalue weighted by atomic mass is 9.59. The van der Waals surface area contributed by atoms with E-state index in [1.54, 1.807) is 19.1 Å². The summed E-state index contributed by atoms with van der Waals surface area (Å²) in [4.78, 5) is 36.9. The Hall–Kier alpha value is -5.91. The molecule has 5 aliphatic rings. The molecule has 2 saturated carbocycles. The third kappa shape index (κ3) is 9.83. The van der Waals surface area contributed by atoms with Gasteiger partial charge in [0.2, 0.25) is 0 Å². The Balaban J connectivity index is 0.866. The zero-order valence-corrected chi connectivity index (χ0v) is 42.0. The molecule has 3 aliphatic heterocycles. The van der Waals surface area contributed by atoms with E-state index in [1.807, 2.05) is 12.1 Å². The number of hydrogen-bond donors (Lipinski definition) is 5. The number of piperazine rings is 1. The van der Waals surface area contributed by atoms with Crippen LogP contribution in [-0.2, 0) is 20.2 Å². The van der Waals surface area contributed by atoms with Crippen molar-refractivity contribution in [1.82, 2.24) is 23.9 Å². The topological polar surface area (TPSA) is 256 Å². The minimum Gasteiger partial charge on any atom is -0.489 e. The largest absolute Gasteiger partial charge is 0.489 e. The maximum atomic E-state index is 14.7. The number of pyridine rings is 1. The summed E-state index contributed by atoms with van der Waals surface area (Å²) in [6.07, 6.45) is 8.65. The van der Waals surface area contributed by atoms with Crippen LogP contribution in [0.15, 0.2) is 78.0 Å². The van der Waals surface area contributed by atoms with Gasteiger partial charge in [-0.1, -0.05) is 38.1 Å². The van der Waals surface area contributed by atoms with E-state index in [2.05, 4.69) is 55.8 Å². The third-order valence-electron chi connectivity index (χ3n) is 15.8. The van der Waals surface area contributed by atoms with Crippen LogP contribution in [0.2, 0.25) is 0 Å². The van der Waals surface area contributed by atoms with Crippen molar-refractivity contribution >= 4 is 54.2 Å². The molecule has 5 heterocycles. The number of nitrogens with one attached hydrogen (secondary N) is 3. The van der Waals surface area contributed by atoms with Crippen LogP contribution >= 0.6 is 0 Å². The van der Waals surface area contributed by atoms with Crippen molar-refractivity contribution < 1.29 is 45.5 Å². The number of benzene rings is 3. The average Bonchev–Trinajstić information content (AvgIpc) is 3.71. The van der Waals surface area contributed by atoms with Crippen molar-refractivity contribution in [3.63, 3.8) is 0 Å². The van der Waals surface area contributed by atoms with Crippen molar-refractivity contribution in [2.45, 2.75) is 107 Å². The molecule has 2 saturated heterocycles. The first-order chi connectivity index (χ1) is 34.2. The van der Waals surface area contributed by atoms with Crippen molar-refractivity contribution in [1.29, 1.82) is 0 Å². The normalized spacial score (nSPS) is 24.0. The van der Waals surface area contributed by atoms with E-state index in [0.29, 0.717) is 57.5 Å². The Morgan fingerprint density at radius 3 is 2.47 bits per heavy atom. The number of halogens is 1. The number of nitrogens with two attached hydrogens (primary N) is 1. The van der Waals surface area contributed by atoms with Gasteiger partial charge in [0, 0.05) is 74.9 Å². The molecule has 19 nitrogen and oxygen atoms in total. The zero-order chi connectivity index (χ0) is 50.9. The number of aliphatic hydroxyl groups is 1. The molecule has 1 spiro atoms. The van der Waals surface area contributed by atoms with E-state index in [1.165, 1.54) is 28.2 Å². The summed E-state index contributed by atoms with van der Waals surface area (Å²) in [6, 6.07) is 16.3. The van der Waals surface area contributed by atoms with Crippen LogP contribution in [0.5, 0.6) is 17.2 Å². The van der Waals surface area contributed by atoms with Gasteiger partial charge in [-0.05, 0) is 105 Å². The average molecular weight is 1030 g/mol. The number of aromatic nitrogens is 2. The number of aromatic amines is 1. The molecular formula is C50H60FN9O10S2. The minimum absolute atomic E-state index is 0.0353. The molecule has 5 aromatic rings. The number of nitro benzene ring substituents is 1. The van der Waals surface area contributed by atoms with Gasteiger partial charge in [0.05, 0.1) is 38.6 Å². The first-order valence-electron chi connectivity index (χ1n) is 24.5. The lowest BCUT2D eigenvalue weighted by Gasteiger charge is -2.58. The fourth-order valence-corrected chi connectivity index (χ4v) is 13.4. The van der Waals surface area contributed by atoms with E-state index in [4.69, 9.17) is 14.6 Å². The monoisotopic (exact) mass is 1030 g/mol. The van der Waals surface area contributed by atoms with Crippen LogP contribution in [0.1, 0.15) is 106 Å². The first-order valence-corrected chi connectivity index (χ1v) is 27.5. The van der Waals surface area contributed by atoms with Crippen molar-refractivity contribution in [2.75, 3.05) is 49.5 Å². The number of hydrogen-bond acceptors (Lipinski definition) is 14. The number of sulfonamides is 1. The number of carbonyl (C=O) groups is 1. The molecule has 4 fully saturated rings. The van der Waals surface area contributed by atoms with Gasteiger partial charge >= 0.3 is 0 Å². The lowest BCUT2D eigenvalue weighted by molar-refractivity contribution is -0.384. The number of amides is 1. The Bertz CT molecular complexity index is 3140. The summed E-state index contributed by atoms with van der Waals surface area (Å²) in [5.74, 6) is -1.34. The molecule has 2 atom stereocenters. The highest BCUT2D eigenvalue weighted by Gasteiger charge is 2.51. The van der Waals surface area contributed by atoms with Crippen LogP contribution in [-0.4, -0.2) is 109 Å². The molecule has 2 aliphatic carbocycles. The van der Waals surface area contributed by atoms with Gasteiger partial charge in [0.25, 0.3) is 31.8 Å². The van der Waals surface area contributed by atoms with Crippen molar-refractivity contribution in [3.05, 3.63) is 106 Å². The molecular weight excluding hydrogens is 970 g/mol. The van der Waals surface area contributed by atoms with Crippen LogP contribution in [0.25, 0.3) is 11.0 Å². The predicted molar refractivity (Wildman–Crippen MR) is 267 cm³/mol. The van der Waals surface area contributed by atoms with Crippen molar-refractivity contribution in [3.8, 4) is 17.2 Å². The van der Waals surface area contributed by atoms with Crippen LogP contribution in [0.3, 0.4) is 0 Å². The molecule has 0 bridgehead atoms. The van der Waals surface area contributed by atoms with E-state index in [-0.39, 0.29) is 88.1 Å². The molecule has 6 N–H and O–H groups in total. The Labute approximate surface area is 417 Å². The number of anilines is 2. The van der Waals surface area contributed by atoms with Gasteiger partial charge in [-0.2, -0.15) is 12.7 Å². The molecule has 0 unspecified atom stereocenters. The Kier molecular flexibility index (Phi) is 13.0. The second-order valence-corrected chi connectivity index (χ2v) is 24.1. The lowest BCUT2D eigenvalue weighted by Crippen LogP contribution is -2.61. The van der Waals surface area contributed by atoms with Crippen LogP contribution in [0, 0.1) is 27.3 Å². The zero-order valence-electron chi connectivity index (χ0n) is 40.3. The number of nitrogens with zero attached hydrogens (tertiary/aromatic N) is 5. The molecule has 3 aromatic carbocycles. The van der Waals surface area contributed by atoms with Crippen LogP contribution in [0.4, 0.5) is 21.5 Å². The molecule has 0 radical (unpaired) electrons. The fourth-order valence-electron chi connectivity index (χ4n) is 11.7. The van der Waals surface area contributed by atoms with Gasteiger partial charge in [-0.25, -0.2) is 27.7 Å². The molecule has 1 amide bonds. The van der Waals surface area contributed by atoms with E-state index < -0.39 is 53.1 Å². The second-order valence-electron chi connectivity index (χ2n) is 20.9. The number of piperidine rings is 1. The van der Waals surface area contributed by atoms with Gasteiger partial charge in [-0.15, -0.1) is 0 Å². The number of nitro groups is 1. The SMILES string of the molecule is CC(C)c1ccccc1[C@@H]1CN(S(N)(=O)=O)CCN1C1CC2(CCN(c3ccc(C(=O)NS(=O)(=O)c4cc5c(c([N+](=O)[O-])c4)N[C@@H]([C@H]4CC[C@](C)(O)CC4)CO5)c(Oc4cnc5[nH]cc(F)c5c4)c3)CC2)C1. The Morgan fingerprint density at radius 2 is 1.76 bits per heavy atom. The summed E-state index contributed by atoms with van der Waals surface area (Å²) in [5, 5.41) is 31.9. The minimum atomic E-state index is -4.76. The Morgan fingerprint density at radius 1 is 1.03 bits per heavy atom. The first kappa shape index (κ1) is 49.7. The van der Waals surface area contributed by atoms with E-state index >= 15 is 0 Å². The molecule has 22 heteroatoms. The number of carbonyl (C=O) groups excluding carboxylic acids is 1. The van der Waals surface area contributed by atoms with Gasteiger partial charge in [0.1, 0.15) is 29.6 Å². The van der Waals surface area contributed by atoms with Crippen LogP contribution < -0.4 is 29.6 Å². The highest BCUT2D eigenvalue weighted by atomic mass is 32.2. The summed E-state index contributed by atoms with van der Waals surface area (Å²) in [7, 11) is -8.63. The highest BCUT2D eigenvalue weighted by molar-refractivity contribution is 7.90. The fraction of sp³-hybridized carbons (Fsp3) is 0.480. The molecule has 10 rings (SSSR count).